The van der Waals surface area contributed by atoms with Crippen LogP contribution in [0.4, 0.5) is 0 Å². The molecule has 102 valence electrons. The summed E-state index contributed by atoms with van der Waals surface area (Å²) in [4.78, 5) is 3.22. The van der Waals surface area contributed by atoms with Crippen LogP contribution in [0.15, 0.2) is 6.20 Å². The number of hydrogen-bond donors (Lipinski definition) is 1. The molecule has 1 aromatic rings. The first kappa shape index (κ1) is 13.9. The Kier molecular flexibility index (Phi) is 4.00. The summed E-state index contributed by atoms with van der Waals surface area (Å²) in [5, 5.41) is 0. The largest absolute Gasteiger partial charge is 0.337 e. The van der Waals surface area contributed by atoms with Gasteiger partial charge in [-0.2, -0.15) is 0 Å². The van der Waals surface area contributed by atoms with Crippen molar-refractivity contribution >= 4 is 12.2 Å². The fourth-order valence-electron chi connectivity index (χ4n) is 3.18. The summed E-state index contributed by atoms with van der Waals surface area (Å²) in [7, 11) is 0. The van der Waals surface area contributed by atoms with Crippen LogP contribution in [-0.4, -0.2) is 9.55 Å². The Hall–Kier alpha value is -0.570. The molecule has 0 saturated heterocycles. The molecule has 2 atom stereocenters. The van der Waals surface area contributed by atoms with E-state index in [4.69, 9.17) is 12.2 Å². The van der Waals surface area contributed by atoms with Gasteiger partial charge in [-0.1, -0.05) is 40.5 Å². The molecule has 3 heteroatoms. The van der Waals surface area contributed by atoms with E-state index in [-0.39, 0.29) is 5.41 Å². The average Bonchev–Trinajstić information content (AvgIpc) is 2.60. The summed E-state index contributed by atoms with van der Waals surface area (Å²) in [6, 6.07) is 0. The van der Waals surface area contributed by atoms with Crippen LogP contribution in [0.2, 0.25) is 0 Å². The van der Waals surface area contributed by atoms with E-state index in [1.807, 2.05) is 0 Å². The first-order chi connectivity index (χ1) is 8.38. The molecule has 1 N–H and O–H groups in total. The molecule has 0 spiro atoms. The highest BCUT2D eigenvalue weighted by molar-refractivity contribution is 7.71. The molecule has 2 rings (SSSR count). The number of rotatable bonds is 2. The Morgan fingerprint density at radius 1 is 1.39 bits per heavy atom. The lowest BCUT2D eigenvalue weighted by Crippen LogP contribution is -2.23. The predicted molar refractivity (Wildman–Crippen MR) is 79.4 cm³/mol. The van der Waals surface area contributed by atoms with Gasteiger partial charge in [-0.25, -0.2) is 0 Å². The molecule has 2 nitrogen and oxygen atoms in total. The minimum absolute atomic E-state index is 0.161. The van der Waals surface area contributed by atoms with Crippen molar-refractivity contribution in [3.8, 4) is 0 Å². The van der Waals surface area contributed by atoms with Gasteiger partial charge in [0.25, 0.3) is 0 Å². The number of nitrogens with zero attached hydrogens (tertiary/aromatic N) is 1. The normalized spacial score (nSPS) is 25.3. The molecule has 2 unspecified atom stereocenters. The minimum atomic E-state index is 0.161. The fraction of sp³-hybridized carbons (Fsp3) is 0.800. The summed E-state index contributed by atoms with van der Waals surface area (Å²) in [6.07, 6.45) is 7.60. The minimum Gasteiger partial charge on any atom is -0.337 e. The van der Waals surface area contributed by atoms with Gasteiger partial charge in [-0.15, -0.1) is 0 Å². The summed E-state index contributed by atoms with van der Waals surface area (Å²) in [5.74, 6) is 1.69. The van der Waals surface area contributed by atoms with Gasteiger partial charge in [0.2, 0.25) is 0 Å². The molecule has 0 bridgehead atoms. The third kappa shape index (κ3) is 3.05. The second-order valence-electron chi connectivity index (χ2n) is 6.98. The number of nitrogens with one attached hydrogen (secondary N) is 1. The Labute approximate surface area is 116 Å². The van der Waals surface area contributed by atoms with Crippen molar-refractivity contribution in [2.45, 2.75) is 65.3 Å². The molecular formula is C15H26N2S. The first-order valence-electron chi connectivity index (χ1n) is 7.16. The molecule has 1 heterocycles. The van der Waals surface area contributed by atoms with Crippen LogP contribution in [0.25, 0.3) is 0 Å². The van der Waals surface area contributed by atoms with Crippen LogP contribution in [0.3, 0.4) is 0 Å². The maximum Gasteiger partial charge on any atom is 0.177 e. The Bertz CT molecular complexity index is 450. The van der Waals surface area contributed by atoms with Gasteiger partial charge in [-0.3, -0.25) is 0 Å². The van der Waals surface area contributed by atoms with Crippen molar-refractivity contribution in [3.63, 3.8) is 0 Å². The van der Waals surface area contributed by atoms with Crippen LogP contribution >= 0.6 is 12.2 Å². The molecule has 1 aliphatic carbocycles. The van der Waals surface area contributed by atoms with Gasteiger partial charge >= 0.3 is 0 Å². The number of hydrogen-bond acceptors (Lipinski definition) is 1. The highest BCUT2D eigenvalue weighted by Gasteiger charge is 2.23. The number of aromatic amines is 1. The quantitative estimate of drug-likeness (QED) is 0.771. The van der Waals surface area contributed by atoms with Crippen molar-refractivity contribution < 1.29 is 0 Å². The van der Waals surface area contributed by atoms with E-state index >= 15 is 0 Å². The van der Waals surface area contributed by atoms with Crippen LogP contribution < -0.4 is 0 Å². The Balaban J connectivity index is 2.18. The van der Waals surface area contributed by atoms with Gasteiger partial charge in [0.15, 0.2) is 4.77 Å². The van der Waals surface area contributed by atoms with Gasteiger partial charge in [-0.05, 0) is 36.9 Å². The lowest BCUT2D eigenvalue weighted by atomic mass is 9.82. The van der Waals surface area contributed by atoms with E-state index in [1.54, 1.807) is 0 Å². The predicted octanol–water partition coefficient (Wildman–Crippen LogP) is 4.67. The lowest BCUT2D eigenvalue weighted by molar-refractivity contribution is 0.252. The van der Waals surface area contributed by atoms with Gasteiger partial charge < -0.3 is 9.55 Å². The van der Waals surface area contributed by atoms with E-state index < -0.39 is 0 Å². The molecule has 0 amide bonds. The van der Waals surface area contributed by atoms with Crippen LogP contribution in [0.5, 0.6) is 0 Å². The molecule has 0 aromatic carbocycles. The molecule has 1 aromatic heterocycles. The fourth-order valence-corrected chi connectivity index (χ4v) is 3.41. The standard InChI is InChI=1S/C15H26N2S/c1-11-6-5-7-12(8-11)10-17-13(15(2,3)4)9-16-14(17)18/h9,11-12H,5-8,10H2,1-4H3,(H,16,18). The molecule has 18 heavy (non-hydrogen) atoms. The molecule has 0 radical (unpaired) electrons. The Morgan fingerprint density at radius 3 is 2.72 bits per heavy atom. The van der Waals surface area contributed by atoms with Gasteiger partial charge in [0, 0.05) is 23.9 Å². The number of H-pyrrole nitrogens is 1. The summed E-state index contributed by atoms with van der Waals surface area (Å²) in [6.45, 7) is 10.2. The molecule has 1 saturated carbocycles. The summed E-state index contributed by atoms with van der Waals surface area (Å²) < 4.78 is 3.22. The zero-order valence-corrected chi connectivity index (χ0v) is 12.9. The van der Waals surface area contributed by atoms with E-state index in [1.165, 1.54) is 31.4 Å². The number of imidazole rings is 1. The molecule has 1 fully saturated rings. The summed E-state index contributed by atoms with van der Waals surface area (Å²) >= 11 is 5.45. The van der Waals surface area contributed by atoms with E-state index in [0.717, 1.165) is 23.2 Å². The second kappa shape index (κ2) is 5.20. The van der Waals surface area contributed by atoms with Crippen LogP contribution in [0.1, 0.15) is 59.1 Å². The average molecular weight is 266 g/mol. The number of aromatic nitrogens is 2. The zero-order chi connectivity index (χ0) is 13.3. The second-order valence-corrected chi connectivity index (χ2v) is 7.36. The van der Waals surface area contributed by atoms with Crippen LogP contribution in [-0.2, 0) is 12.0 Å². The molecule has 0 aliphatic heterocycles. The SMILES string of the molecule is CC1CCCC(Cn2c(C(C)(C)C)c[nH]c2=S)C1. The zero-order valence-electron chi connectivity index (χ0n) is 12.1. The topological polar surface area (TPSA) is 20.7 Å². The third-order valence-electron chi connectivity index (χ3n) is 4.12. The van der Waals surface area contributed by atoms with E-state index in [9.17, 15) is 0 Å². The van der Waals surface area contributed by atoms with Gasteiger partial charge in [0.05, 0.1) is 0 Å². The van der Waals surface area contributed by atoms with Gasteiger partial charge in [0.1, 0.15) is 0 Å². The maximum atomic E-state index is 5.45. The van der Waals surface area contributed by atoms with Crippen molar-refractivity contribution in [1.82, 2.24) is 9.55 Å². The lowest BCUT2D eigenvalue weighted by Gasteiger charge is -2.29. The highest BCUT2D eigenvalue weighted by Crippen LogP contribution is 2.31. The van der Waals surface area contributed by atoms with E-state index in [0.29, 0.717) is 0 Å². The summed E-state index contributed by atoms with van der Waals surface area (Å²) in [5.41, 5.74) is 1.50. The third-order valence-corrected chi connectivity index (χ3v) is 4.46. The van der Waals surface area contributed by atoms with Crippen molar-refractivity contribution in [2.24, 2.45) is 11.8 Å². The van der Waals surface area contributed by atoms with Crippen LogP contribution in [0, 0.1) is 16.6 Å². The highest BCUT2D eigenvalue weighted by atomic mass is 32.1. The molecule has 1 aliphatic rings. The van der Waals surface area contributed by atoms with Crippen molar-refractivity contribution in [1.29, 1.82) is 0 Å². The van der Waals surface area contributed by atoms with Crippen molar-refractivity contribution in [3.05, 3.63) is 16.7 Å². The van der Waals surface area contributed by atoms with Crippen molar-refractivity contribution in [2.75, 3.05) is 0 Å². The Morgan fingerprint density at radius 2 is 2.11 bits per heavy atom. The van der Waals surface area contributed by atoms with E-state index in [2.05, 4.69) is 43.4 Å². The smallest absolute Gasteiger partial charge is 0.177 e. The monoisotopic (exact) mass is 266 g/mol. The molecular weight excluding hydrogens is 240 g/mol. The first-order valence-corrected chi connectivity index (χ1v) is 7.57. The maximum absolute atomic E-state index is 5.45.